The molecule has 0 aromatic heterocycles. The number of hydrogen-bond donors (Lipinski definition) is 2. The van der Waals surface area contributed by atoms with E-state index < -0.39 is 5.60 Å². The van der Waals surface area contributed by atoms with Gasteiger partial charge in [-0.3, -0.25) is 0 Å². The van der Waals surface area contributed by atoms with Gasteiger partial charge in [0.1, 0.15) is 0 Å². The normalized spacial score (nSPS) is 29.9. The van der Waals surface area contributed by atoms with E-state index in [0.717, 1.165) is 19.3 Å². The van der Waals surface area contributed by atoms with Crippen molar-refractivity contribution in [3.8, 4) is 6.07 Å². The van der Waals surface area contributed by atoms with Crippen LogP contribution in [0.25, 0.3) is 0 Å². The Morgan fingerprint density at radius 2 is 2.14 bits per heavy atom. The summed E-state index contributed by atoms with van der Waals surface area (Å²) in [7, 11) is 0. The summed E-state index contributed by atoms with van der Waals surface area (Å²) >= 11 is 0. The Hall–Kier alpha value is -0.590. The lowest BCUT2D eigenvalue weighted by molar-refractivity contribution is 0.0400. The molecule has 0 bridgehead atoms. The van der Waals surface area contributed by atoms with Gasteiger partial charge in [0.15, 0.2) is 0 Å². The lowest BCUT2D eigenvalue weighted by atomic mass is 9.99. The van der Waals surface area contributed by atoms with Crippen molar-refractivity contribution in [2.45, 2.75) is 57.7 Å². The third kappa shape index (κ3) is 2.97. The molecule has 1 fully saturated rings. The highest BCUT2D eigenvalue weighted by Gasteiger charge is 2.29. The molecular weight excluding hydrogens is 176 g/mol. The van der Waals surface area contributed by atoms with Gasteiger partial charge in [-0.25, -0.2) is 0 Å². The van der Waals surface area contributed by atoms with Crippen molar-refractivity contribution in [2.24, 2.45) is 5.92 Å². The summed E-state index contributed by atoms with van der Waals surface area (Å²) < 4.78 is 0. The van der Waals surface area contributed by atoms with Crippen LogP contribution < -0.4 is 5.32 Å². The molecule has 0 amide bonds. The molecule has 2 N–H and O–H groups in total. The van der Waals surface area contributed by atoms with Crippen LogP contribution in [0.1, 0.15) is 40.0 Å². The van der Waals surface area contributed by atoms with Crippen LogP contribution in [0.15, 0.2) is 0 Å². The Bertz CT molecular complexity index is 226. The summed E-state index contributed by atoms with van der Waals surface area (Å²) in [6.07, 6.45) is 2.97. The molecule has 3 unspecified atom stereocenters. The van der Waals surface area contributed by atoms with Gasteiger partial charge < -0.3 is 10.4 Å². The van der Waals surface area contributed by atoms with Gasteiger partial charge in [0.25, 0.3) is 0 Å². The summed E-state index contributed by atoms with van der Waals surface area (Å²) in [5.74, 6) is 0.210. The second kappa shape index (κ2) is 4.29. The first-order valence-corrected chi connectivity index (χ1v) is 5.31. The van der Waals surface area contributed by atoms with Gasteiger partial charge in [-0.15, -0.1) is 0 Å². The smallest absolute Gasteiger partial charge is 0.0741 e. The lowest BCUT2D eigenvalue weighted by Gasteiger charge is -2.29. The van der Waals surface area contributed by atoms with Crippen LogP contribution in [-0.4, -0.2) is 22.8 Å². The maximum absolute atomic E-state index is 9.74. The fourth-order valence-electron chi connectivity index (χ4n) is 1.81. The largest absolute Gasteiger partial charge is 0.389 e. The van der Waals surface area contributed by atoms with Crippen molar-refractivity contribution >= 4 is 0 Å². The van der Waals surface area contributed by atoms with E-state index in [4.69, 9.17) is 5.26 Å². The van der Waals surface area contributed by atoms with Crippen molar-refractivity contribution in [3.05, 3.63) is 0 Å². The topological polar surface area (TPSA) is 56.0 Å². The van der Waals surface area contributed by atoms with Crippen molar-refractivity contribution in [3.63, 3.8) is 0 Å². The molecule has 0 spiro atoms. The molecule has 3 heteroatoms. The molecule has 14 heavy (non-hydrogen) atoms. The van der Waals surface area contributed by atoms with Gasteiger partial charge in [0.2, 0.25) is 0 Å². The van der Waals surface area contributed by atoms with Gasteiger partial charge in [0, 0.05) is 18.0 Å². The van der Waals surface area contributed by atoms with Crippen LogP contribution >= 0.6 is 0 Å². The number of rotatable bonds is 3. The molecule has 0 aromatic carbocycles. The van der Waals surface area contributed by atoms with E-state index in [1.165, 1.54) is 0 Å². The predicted molar refractivity (Wildman–Crippen MR) is 55.6 cm³/mol. The Kier molecular flexibility index (Phi) is 3.52. The van der Waals surface area contributed by atoms with Crippen molar-refractivity contribution in [1.29, 1.82) is 5.26 Å². The molecule has 3 atom stereocenters. The monoisotopic (exact) mass is 196 g/mol. The molecule has 0 radical (unpaired) electrons. The second-order valence-electron chi connectivity index (χ2n) is 4.88. The van der Waals surface area contributed by atoms with Gasteiger partial charge >= 0.3 is 0 Å². The molecular formula is C11H20N2O. The quantitative estimate of drug-likeness (QED) is 0.718. The minimum absolute atomic E-state index is 0.0740. The van der Waals surface area contributed by atoms with Crippen LogP contribution in [0.2, 0.25) is 0 Å². The maximum atomic E-state index is 9.74. The van der Waals surface area contributed by atoms with E-state index in [2.05, 4.69) is 11.4 Å². The summed E-state index contributed by atoms with van der Waals surface area (Å²) in [4.78, 5) is 0. The number of nitrogens with one attached hydrogen (secondary N) is 1. The number of hydrogen-bond acceptors (Lipinski definition) is 3. The van der Waals surface area contributed by atoms with Crippen molar-refractivity contribution < 1.29 is 5.11 Å². The Morgan fingerprint density at radius 1 is 1.50 bits per heavy atom. The minimum atomic E-state index is -0.690. The van der Waals surface area contributed by atoms with Crippen LogP contribution in [0, 0.1) is 17.2 Å². The van der Waals surface area contributed by atoms with E-state index in [0.29, 0.717) is 6.04 Å². The van der Waals surface area contributed by atoms with Crippen LogP contribution in [0.4, 0.5) is 0 Å². The molecule has 0 aromatic rings. The molecule has 1 saturated carbocycles. The van der Waals surface area contributed by atoms with Crippen LogP contribution in [0.5, 0.6) is 0 Å². The average Bonchev–Trinajstić information content (AvgIpc) is 2.50. The lowest BCUT2D eigenvalue weighted by Crippen LogP contribution is -2.48. The van der Waals surface area contributed by atoms with E-state index in [9.17, 15) is 5.11 Å². The van der Waals surface area contributed by atoms with Crippen LogP contribution in [0.3, 0.4) is 0 Å². The van der Waals surface area contributed by atoms with Crippen molar-refractivity contribution in [1.82, 2.24) is 5.32 Å². The van der Waals surface area contributed by atoms with E-state index in [1.54, 1.807) is 13.8 Å². The molecule has 1 aliphatic rings. The SMILES string of the molecule is CC(NC1CCC(C#N)C1)C(C)(C)O. The first-order chi connectivity index (χ1) is 6.43. The van der Waals surface area contributed by atoms with E-state index >= 15 is 0 Å². The maximum Gasteiger partial charge on any atom is 0.0741 e. The van der Waals surface area contributed by atoms with E-state index in [-0.39, 0.29) is 12.0 Å². The highest BCUT2D eigenvalue weighted by atomic mass is 16.3. The van der Waals surface area contributed by atoms with E-state index in [1.807, 2.05) is 6.92 Å². The zero-order valence-corrected chi connectivity index (χ0v) is 9.25. The molecule has 1 aliphatic carbocycles. The zero-order chi connectivity index (χ0) is 10.8. The molecule has 0 saturated heterocycles. The fraction of sp³-hybridized carbons (Fsp3) is 0.909. The third-order valence-corrected chi connectivity index (χ3v) is 3.16. The Labute approximate surface area is 86.1 Å². The fourth-order valence-corrected chi connectivity index (χ4v) is 1.81. The van der Waals surface area contributed by atoms with Gasteiger partial charge in [-0.1, -0.05) is 0 Å². The Morgan fingerprint density at radius 3 is 2.57 bits per heavy atom. The van der Waals surface area contributed by atoms with Gasteiger partial charge in [-0.05, 0) is 40.0 Å². The molecule has 0 heterocycles. The summed E-state index contributed by atoms with van der Waals surface area (Å²) in [5, 5.41) is 21.9. The summed E-state index contributed by atoms with van der Waals surface area (Å²) in [5.41, 5.74) is -0.690. The first kappa shape index (κ1) is 11.5. The standard InChI is InChI=1S/C11H20N2O/c1-8(11(2,3)14)13-10-5-4-9(6-10)7-12/h8-10,13-14H,4-6H2,1-3H3. The predicted octanol–water partition coefficient (Wildman–Crippen LogP) is 1.43. The molecule has 0 aliphatic heterocycles. The number of aliphatic hydroxyl groups is 1. The highest BCUT2D eigenvalue weighted by molar-refractivity contribution is 4.94. The minimum Gasteiger partial charge on any atom is -0.389 e. The highest BCUT2D eigenvalue weighted by Crippen LogP contribution is 2.25. The van der Waals surface area contributed by atoms with Gasteiger partial charge in [0.05, 0.1) is 11.7 Å². The Balaban J connectivity index is 2.37. The number of nitrogens with zero attached hydrogens (tertiary/aromatic N) is 1. The van der Waals surface area contributed by atoms with Crippen LogP contribution in [-0.2, 0) is 0 Å². The zero-order valence-electron chi connectivity index (χ0n) is 9.25. The molecule has 80 valence electrons. The number of nitriles is 1. The van der Waals surface area contributed by atoms with Crippen molar-refractivity contribution in [2.75, 3.05) is 0 Å². The summed E-state index contributed by atoms with van der Waals surface area (Å²) in [6.45, 7) is 5.60. The van der Waals surface area contributed by atoms with Gasteiger partial charge in [-0.2, -0.15) is 5.26 Å². The summed E-state index contributed by atoms with van der Waals surface area (Å²) in [6, 6.07) is 2.78. The second-order valence-corrected chi connectivity index (χ2v) is 4.88. The first-order valence-electron chi connectivity index (χ1n) is 5.31. The average molecular weight is 196 g/mol. The molecule has 3 nitrogen and oxygen atoms in total. The third-order valence-electron chi connectivity index (χ3n) is 3.16. The molecule has 1 rings (SSSR count).